The zero-order chi connectivity index (χ0) is 6.73. The van der Waals surface area contributed by atoms with Crippen LogP contribution in [0.3, 0.4) is 0 Å². The van der Waals surface area contributed by atoms with E-state index in [0.29, 0.717) is 12.1 Å². The van der Waals surface area contributed by atoms with Gasteiger partial charge in [0.05, 0.1) is 0 Å². The van der Waals surface area contributed by atoms with E-state index in [2.05, 4.69) is 39.6 Å². The molecule has 2 heteroatoms. The molecular weight excluding hydrogens is 199 g/mol. The first-order valence-electron chi connectivity index (χ1n) is 3.27. The van der Waals surface area contributed by atoms with Crippen LogP contribution in [-0.4, -0.2) is 24.0 Å². The van der Waals surface area contributed by atoms with Gasteiger partial charge in [0.1, 0.15) is 0 Å². The zero-order valence-electron chi connectivity index (χ0n) is 6.96. The van der Waals surface area contributed by atoms with Crippen molar-refractivity contribution in [3.05, 3.63) is 0 Å². The van der Waals surface area contributed by atoms with Gasteiger partial charge in [0.25, 0.3) is 0 Å². The molecule has 0 aliphatic heterocycles. The van der Waals surface area contributed by atoms with Crippen molar-refractivity contribution in [2.45, 2.75) is 39.8 Å². The first-order chi connectivity index (χ1) is 3.55. The topological polar surface area (TPSA) is 3.24 Å². The van der Waals surface area contributed by atoms with Crippen molar-refractivity contribution in [2.24, 2.45) is 0 Å². The molecule has 9 heavy (non-hydrogen) atoms. The van der Waals surface area contributed by atoms with E-state index in [4.69, 9.17) is 0 Å². The van der Waals surface area contributed by atoms with Gasteiger partial charge in [0.2, 0.25) is 0 Å². The van der Waals surface area contributed by atoms with Crippen molar-refractivity contribution in [3.8, 4) is 0 Å². The van der Waals surface area contributed by atoms with E-state index in [0.717, 1.165) is 0 Å². The summed E-state index contributed by atoms with van der Waals surface area (Å²) in [4.78, 5) is 2.33. The molecule has 0 atom stereocenters. The van der Waals surface area contributed by atoms with Crippen LogP contribution in [0.4, 0.5) is 0 Å². The fraction of sp³-hybridized carbons (Fsp3) is 1.00. The van der Waals surface area contributed by atoms with Crippen LogP contribution < -0.4 is 0 Å². The monoisotopic (exact) mass is 217 g/mol. The molecule has 0 amide bonds. The molecule has 0 heterocycles. The van der Waals surface area contributed by atoms with Crippen molar-refractivity contribution in [1.82, 2.24) is 4.90 Å². The van der Waals surface area contributed by atoms with Crippen molar-refractivity contribution in [3.63, 3.8) is 0 Å². The maximum Gasteiger partial charge on any atom is 1.00 e. The van der Waals surface area contributed by atoms with Crippen LogP contribution in [0.2, 0.25) is 0 Å². The fourth-order valence-electron chi connectivity index (χ4n) is 0.596. The molecule has 0 aromatic carbocycles. The molecule has 0 spiro atoms. The molecular formula is C7H17NRu+. The number of nitrogens with zero attached hydrogens (tertiary/aromatic N) is 1. The first kappa shape index (κ1) is 12.3. The van der Waals surface area contributed by atoms with Crippen LogP contribution in [0.5, 0.6) is 0 Å². The van der Waals surface area contributed by atoms with E-state index in [-0.39, 0.29) is 19.5 Å². The second-order valence-corrected chi connectivity index (χ2v) is 2.85. The number of hydrogen-bond donors (Lipinski definition) is 0. The minimum atomic E-state index is 0. The Balaban J connectivity index is 0. The maximum atomic E-state index is 2.33. The summed E-state index contributed by atoms with van der Waals surface area (Å²) in [6, 6.07) is 1.35. The Morgan fingerprint density at radius 2 is 1.11 bits per heavy atom. The molecule has 0 fully saturated rings. The minimum Gasteiger partial charge on any atom is -0.302 e. The Kier molecular flexibility index (Phi) is 7.33. The zero-order valence-corrected chi connectivity index (χ0v) is 8.69. The maximum absolute atomic E-state index is 2.33. The van der Waals surface area contributed by atoms with Crippen molar-refractivity contribution in [2.75, 3.05) is 7.05 Å². The van der Waals surface area contributed by atoms with E-state index >= 15 is 0 Å². The molecule has 1 nitrogen and oxygen atoms in total. The van der Waals surface area contributed by atoms with E-state index in [1.165, 1.54) is 0 Å². The summed E-state index contributed by atoms with van der Waals surface area (Å²) >= 11 is 0. The van der Waals surface area contributed by atoms with Gasteiger partial charge in [-0.15, -0.1) is 0 Å². The molecule has 57 valence electrons. The van der Waals surface area contributed by atoms with E-state index < -0.39 is 0 Å². The van der Waals surface area contributed by atoms with Crippen LogP contribution in [0.15, 0.2) is 0 Å². The van der Waals surface area contributed by atoms with Gasteiger partial charge < -0.3 is 4.90 Å². The summed E-state index contributed by atoms with van der Waals surface area (Å²) < 4.78 is 0. The molecule has 0 unspecified atom stereocenters. The molecule has 0 aromatic heterocycles. The van der Waals surface area contributed by atoms with E-state index in [1.54, 1.807) is 0 Å². The smallest absolute Gasteiger partial charge is 0.302 e. The van der Waals surface area contributed by atoms with Gasteiger partial charge in [-0.2, -0.15) is 0 Å². The van der Waals surface area contributed by atoms with Crippen LogP contribution >= 0.6 is 0 Å². The van der Waals surface area contributed by atoms with Crippen LogP contribution in [0.1, 0.15) is 27.7 Å². The van der Waals surface area contributed by atoms with Gasteiger partial charge in [-0.3, -0.25) is 0 Å². The van der Waals surface area contributed by atoms with Crippen molar-refractivity contribution >= 4 is 0 Å². The summed E-state index contributed by atoms with van der Waals surface area (Å²) in [5.41, 5.74) is 0. The van der Waals surface area contributed by atoms with Crippen molar-refractivity contribution in [1.29, 1.82) is 0 Å². The van der Waals surface area contributed by atoms with Gasteiger partial charge in [-0.25, -0.2) is 0 Å². The van der Waals surface area contributed by atoms with Crippen LogP contribution in [0, 0.1) is 0 Å². The largest absolute Gasteiger partial charge is 1.00 e. The molecule has 0 N–H and O–H groups in total. The Labute approximate surface area is 71.6 Å². The van der Waals surface area contributed by atoms with Gasteiger partial charge in [0.15, 0.2) is 0 Å². The Bertz CT molecular complexity index is 53.9. The number of hydrogen-bond acceptors (Lipinski definition) is 1. The Morgan fingerprint density at radius 3 is 1.11 bits per heavy atom. The Hall–Kier alpha value is 0.583. The third-order valence-electron chi connectivity index (χ3n) is 1.63. The average molecular weight is 216 g/mol. The van der Waals surface area contributed by atoms with Crippen LogP contribution in [-0.2, 0) is 19.5 Å². The van der Waals surface area contributed by atoms with Crippen LogP contribution in [0.25, 0.3) is 0 Å². The summed E-state index contributed by atoms with van der Waals surface area (Å²) in [6.07, 6.45) is 0. The molecule has 0 bridgehead atoms. The fourth-order valence-corrected chi connectivity index (χ4v) is 0.596. The number of rotatable bonds is 2. The SMILES string of the molecule is CC(C)N(C)C(C)C.[Ru+]. The molecule has 1 radical (unpaired) electrons. The van der Waals surface area contributed by atoms with Gasteiger partial charge in [0, 0.05) is 12.1 Å². The average Bonchev–Trinajstić information content (AvgIpc) is 1.64. The summed E-state index contributed by atoms with van der Waals surface area (Å²) in [6.45, 7) is 8.83. The first-order valence-corrected chi connectivity index (χ1v) is 3.27. The standard InChI is InChI=1S/C7H17N.Ru/c1-6(2)8(5)7(3)4;/h6-7H,1-5H3;/q;+1. The molecule has 0 rings (SSSR count). The predicted octanol–water partition coefficient (Wildman–Crippen LogP) is 1.73. The second-order valence-electron chi connectivity index (χ2n) is 2.85. The van der Waals surface area contributed by atoms with Crippen molar-refractivity contribution < 1.29 is 19.5 Å². The molecule has 0 aliphatic rings. The van der Waals surface area contributed by atoms with Gasteiger partial charge >= 0.3 is 19.5 Å². The Morgan fingerprint density at radius 1 is 0.889 bits per heavy atom. The minimum absolute atomic E-state index is 0. The second kappa shape index (κ2) is 5.37. The molecule has 0 saturated heterocycles. The summed E-state index contributed by atoms with van der Waals surface area (Å²) in [5, 5.41) is 0. The predicted molar refractivity (Wildman–Crippen MR) is 38.0 cm³/mol. The van der Waals surface area contributed by atoms with E-state index in [9.17, 15) is 0 Å². The third kappa shape index (κ3) is 5.05. The van der Waals surface area contributed by atoms with Gasteiger partial charge in [-0.1, -0.05) is 0 Å². The summed E-state index contributed by atoms with van der Waals surface area (Å²) in [5.74, 6) is 0. The van der Waals surface area contributed by atoms with E-state index in [1.807, 2.05) is 0 Å². The van der Waals surface area contributed by atoms with Gasteiger partial charge in [-0.05, 0) is 34.7 Å². The normalized spacial score (nSPS) is 10.7. The quantitative estimate of drug-likeness (QED) is 0.635. The molecule has 0 saturated carbocycles. The third-order valence-corrected chi connectivity index (χ3v) is 1.63. The molecule has 0 aliphatic carbocycles. The molecule has 0 aromatic rings. The summed E-state index contributed by atoms with van der Waals surface area (Å²) in [7, 11) is 2.15.